The number of thiophene rings is 1. The molecule has 2 aromatic heterocycles. The van der Waals surface area contributed by atoms with Crippen LogP contribution >= 0.6 is 27.3 Å². The van der Waals surface area contributed by atoms with Crippen LogP contribution in [0.4, 0.5) is 0 Å². The van der Waals surface area contributed by atoms with E-state index in [9.17, 15) is 0 Å². The Bertz CT molecular complexity index is 490. The van der Waals surface area contributed by atoms with E-state index < -0.39 is 0 Å². The highest BCUT2D eigenvalue weighted by Crippen LogP contribution is 2.27. The second kappa shape index (κ2) is 5.33. The summed E-state index contributed by atoms with van der Waals surface area (Å²) in [5.41, 5.74) is 8.48. The van der Waals surface area contributed by atoms with E-state index in [4.69, 9.17) is 5.73 Å². The zero-order chi connectivity index (χ0) is 12.4. The van der Waals surface area contributed by atoms with Crippen molar-refractivity contribution in [1.82, 2.24) is 9.78 Å². The number of aromatic nitrogens is 2. The highest BCUT2D eigenvalue weighted by Gasteiger charge is 2.16. The van der Waals surface area contributed by atoms with Gasteiger partial charge in [-0.1, -0.05) is 13.0 Å². The van der Waals surface area contributed by atoms with Gasteiger partial charge >= 0.3 is 0 Å². The predicted octanol–water partition coefficient (Wildman–Crippen LogP) is 3.05. The van der Waals surface area contributed by atoms with E-state index in [0.717, 1.165) is 23.0 Å². The van der Waals surface area contributed by atoms with Crippen molar-refractivity contribution >= 4 is 27.3 Å². The second-order valence-corrected chi connectivity index (χ2v) is 5.78. The summed E-state index contributed by atoms with van der Waals surface area (Å²) in [5, 5.41) is 6.54. The lowest BCUT2D eigenvalue weighted by atomic mass is 10.1. The minimum Gasteiger partial charge on any atom is -0.323 e. The van der Waals surface area contributed by atoms with Crippen molar-refractivity contribution in [2.24, 2.45) is 12.8 Å². The van der Waals surface area contributed by atoms with Gasteiger partial charge in [-0.3, -0.25) is 4.68 Å². The van der Waals surface area contributed by atoms with Crippen LogP contribution in [0.2, 0.25) is 0 Å². The molecule has 0 radical (unpaired) electrons. The molecule has 0 aromatic carbocycles. The zero-order valence-electron chi connectivity index (χ0n) is 9.98. The highest BCUT2D eigenvalue weighted by atomic mass is 79.9. The number of rotatable bonds is 4. The van der Waals surface area contributed by atoms with Crippen molar-refractivity contribution in [3.8, 4) is 0 Å². The van der Waals surface area contributed by atoms with E-state index in [1.54, 1.807) is 11.3 Å². The van der Waals surface area contributed by atoms with Crippen LogP contribution in [-0.4, -0.2) is 9.78 Å². The fraction of sp³-hybridized carbons (Fsp3) is 0.417. The first-order valence-electron chi connectivity index (χ1n) is 5.62. The fourth-order valence-corrected chi connectivity index (χ4v) is 3.36. The first-order chi connectivity index (χ1) is 8.13. The van der Waals surface area contributed by atoms with Gasteiger partial charge in [0.1, 0.15) is 0 Å². The quantitative estimate of drug-likeness (QED) is 0.942. The Labute approximate surface area is 114 Å². The number of hydrogen-bond acceptors (Lipinski definition) is 3. The Balaban J connectivity index is 2.21. The zero-order valence-corrected chi connectivity index (χ0v) is 12.4. The summed E-state index contributed by atoms with van der Waals surface area (Å²) < 4.78 is 3.03. The largest absolute Gasteiger partial charge is 0.323 e. The number of halogens is 1. The van der Waals surface area contributed by atoms with Gasteiger partial charge in [-0.2, -0.15) is 5.10 Å². The third kappa shape index (κ3) is 2.61. The van der Waals surface area contributed by atoms with E-state index in [0.29, 0.717) is 0 Å². The molecular weight excluding hydrogens is 298 g/mol. The van der Waals surface area contributed by atoms with Crippen LogP contribution in [-0.2, 0) is 19.9 Å². The SMILES string of the molecule is CCc1nn(C)c(CC(N)c2cccs2)c1Br. The highest BCUT2D eigenvalue weighted by molar-refractivity contribution is 9.10. The maximum absolute atomic E-state index is 6.21. The molecule has 0 saturated carbocycles. The van der Waals surface area contributed by atoms with E-state index >= 15 is 0 Å². The average molecular weight is 314 g/mol. The predicted molar refractivity (Wildman–Crippen MR) is 75.2 cm³/mol. The van der Waals surface area contributed by atoms with Crippen LogP contribution < -0.4 is 5.73 Å². The van der Waals surface area contributed by atoms with Crippen molar-refractivity contribution in [2.45, 2.75) is 25.8 Å². The first kappa shape index (κ1) is 12.8. The molecule has 0 spiro atoms. The van der Waals surface area contributed by atoms with Gasteiger partial charge in [0.2, 0.25) is 0 Å². The summed E-state index contributed by atoms with van der Waals surface area (Å²) >= 11 is 5.32. The summed E-state index contributed by atoms with van der Waals surface area (Å²) in [6, 6.07) is 4.17. The number of nitrogens with zero attached hydrogens (tertiary/aromatic N) is 2. The molecule has 3 nitrogen and oxygen atoms in total. The van der Waals surface area contributed by atoms with E-state index in [1.807, 2.05) is 17.8 Å². The molecule has 0 fully saturated rings. The van der Waals surface area contributed by atoms with Crippen LogP contribution in [0.25, 0.3) is 0 Å². The topological polar surface area (TPSA) is 43.8 Å². The molecular formula is C12H16BrN3S. The van der Waals surface area contributed by atoms with Gasteiger partial charge in [-0.05, 0) is 33.8 Å². The molecule has 0 amide bonds. The standard InChI is InChI=1S/C12H16BrN3S/c1-3-9-12(13)10(16(2)15-9)7-8(14)11-5-4-6-17-11/h4-6,8H,3,7,14H2,1-2H3. The first-order valence-corrected chi connectivity index (χ1v) is 7.30. The Morgan fingerprint density at radius 2 is 2.35 bits per heavy atom. The number of aryl methyl sites for hydroxylation is 2. The van der Waals surface area contributed by atoms with Crippen LogP contribution in [0.15, 0.2) is 22.0 Å². The summed E-state index contributed by atoms with van der Waals surface area (Å²) in [6.07, 6.45) is 1.74. The van der Waals surface area contributed by atoms with E-state index in [2.05, 4.69) is 39.4 Å². The molecule has 2 N–H and O–H groups in total. The summed E-state index contributed by atoms with van der Waals surface area (Å²) in [6.45, 7) is 2.11. The van der Waals surface area contributed by atoms with Crippen molar-refractivity contribution in [3.63, 3.8) is 0 Å². The van der Waals surface area contributed by atoms with Crippen molar-refractivity contribution in [1.29, 1.82) is 0 Å². The molecule has 0 aliphatic heterocycles. The molecule has 0 bridgehead atoms. The molecule has 1 atom stereocenters. The van der Waals surface area contributed by atoms with Gasteiger partial charge in [0.15, 0.2) is 0 Å². The molecule has 1 unspecified atom stereocenters. The number of nitrogens with two attached hydrogens (primary N) is 1. The molecule has 2 aromatic rings. The molecule has 2 heterocycles. The minimum atomic E-state index is 0.0476. The smallest absolute Gasteiger partial charge is 0.0766 e. The van der Waals surface area contributed by atoms with Gasteiger partial charge in [-0.15, -0.1) is 11.3 Å². The third-order valence-electron chi connectivity index (χ3n) is 2.82. The molecule has 0 aliphatic carbocycles. The Morgan fingerprint density at radius 3 is 2.88 bits per heavy atom. The van der Waals surface area contributed by atoms with Crippen LogP contribution in [0, 0.1) is 0 Å². The fourth-order valence-electron chi connectivity index (χ4n) is 1.85. The second-order valence-electron chi connectivity index (χ2n) is 4.01. The van der Waals surface area contributed by atoms with Crippen LogP contribution in [0.3, 0.4) is 0 Å². The van der Waals surface area contributed by atoms with Crippen LogP contribution in [0.1, 0.15) is 29.2 Å². The molecule has 92 valence electrons. The molecule has 5 heteroatoms. The van der Waals surface area contributed by atoms with Gasteiger partial charge < -0.3 is 5.73 Å². The van der Waals surface area contributed by atoms with E-state index in [1.165, 1.54) is 10.6 Å². The lowest BCUT2D eigenvalue weighted by molar-refractivity contribution is 0.642. The molecule has 2 rings (SSSR count). The third-order valence-corrected chi connectivity index (χ3v) is 4.74. The maximum atomic E-state index is 6.21. The van der Waals surface area contributed by atoms with E-state index in [-0.39, 0.29) is 6.04 Å². The lowest BCUT2D eigenvalue weighted by Gasteiger charge is -2.10. The summed E-state index contributed by atoms with van der Waals surface area (Å²) in [4.78, 5) is 1.22. The minimum absolute atomic E-state index is 0.0476. The summed E-state index contributed by atoms with van der Waals surface area (Å²) in [7, 11) is 1.97. The maximum Gasteiger partial charge on any atom is 0.0766 e. The van der Waals surface area contributed by atoms with Crippen molar-refractivity contribution in [3.05, 3.63) is 38.3 Å². The Hall–Kier alpha value is -0.650. The average Bonchev–Trinajstić information content (AvgIpc) is 2.92. The summed E-state index contributed by atoms with van der Waals surface area (Å²) in [5.74, 6) is 0. The monoisotopic (exact) mass is 313 g/mol. The van der Waals surface area contributed by atoms with Gasteiger partial charge in [0.25, 0.3) is 0 Å². The van der Waals surface area contributed by atoms with Gasteiger partial charge in [0, 0.05) is 24.4 Å². The van der Waals surface area contributed by atoms with Crippen LogP contribution in [0.5, 0.6) is 0 Å². The Kier molecular flexibility index (Phi) is 4.01. The van der Waals surface area contributed by atoms with Crippen molar-refractivity contribution < 1.29 is 0 Å². The molecule has 0 saturated heterocycles. The van der Waals surface area contributed by atoms with Gasteiger partial charge in [0.05, 0.1) is 15.9 Å². The number of hydrogen-bond donors (Lipinski definition) is 1. The van der Waals surface area contributed by atoms with Gasteiger partial charge in [-0.25, -0.2) is 0 Å². The molecule has 17 heavy (non-hydrogen) atoms. The van der Waals surface area contributed by atoms with Crippen molar-refractivity contribution in [2.75, 3.05) is 0 Å². The molecule has 0 aliphatic rings. The lowest BCUT2D eigenvalue weighted by Crippen LogP contribution is -2.14. The normalized spacial score (nSPS) is 12.9. The Morgan fingerprint density at radius 1 is 1.59 bits per heavy atom.